The van der Waals surface area contributed by atoms with Gasteiger partial charge in [0.05, 0.1) is 24.0 Å². The van der Waals surface area contributed by atoms with E-state index in [4.69, 9.17) is 18.9 Å². The SMILES string of the molecule is CC1(C)CCCC2(C)C1CCC1(C)OC(=O)CC12.CC1(C)CCCC2(C)C1CCC1(C)OCCC12.CC1(C)CCC[C@]2(C)[C@H]3CC(=O)O[C@]3(C)CC[C@@H]12.CC1(C)CCC[C@]2(C)[C@H]3CCO[C@]3(C)CC[C@@H]12. The van der Waals surface area contributed by atoms with E-state index < -0.39 is 0 Å². The fourth-order valence-corrected chi connectivity index (χ4v) is 22.9. The summed E-state index contributed by atoms with van der Waals surface area (Å²) in [6, 6.07) is 0. The van der Waals surface area contributed by atoms with Crippen molar-refractivity contribution < 1.29 is 28.5 Å². The first-order chi connectivity index (χ1) is 32.3. The predicted molar refractivity (Wildman–Crippen MR) is 284 cm³/mol. The number of fused-ring (bicyclic) bond motifs is 12. The third-order valence-corrected chi connectivity index (χ3v) is 26.1. The van der Waals surface area contributed by atoms with Crippen molar-refractivity contribution in [2.24, 2.45) is 90.7 Å². The number of esters is 2. The molecule has 70 heavy (non-hydrogen) atoms. The summed E-state index contributed by atoms with van der Waals surface area (Å²) in [5.41, 5.74) is 3.74. The quantitative estimate of drug-likeness (QED) is 0.225. The van der Waals surface area contributed by atoms with Gasteiger partial charge in [-0.15, -0.1) is 0 Å². The minimum atomic E-state index is -0.171. The van der Waals surface area contributed by atoms with E-state index in [0.717, 1.165) is 61.6 Å². The molecule has 8 unspecified atom stereocenters. The van der Waals surface area contributed by atoms with Crippen molar-refractivity contribution in [3.05, 3.63) is 0 Å². The number of hydrogen-bond acceptors (Lipinski definition) is 6. The molecule has 0 radical (unpaired) electrons. The van der Waals surface area contributed by atoms with Crippen LogP contribution in [-0.2, 0) is 28.5 Å². The van der Waals surface area contributed by atoms with E-state index in [9.17, 15) is 9.59 Å². The lowest BCUT2D eigenvalue weighted by Gasteiger charge is -2.60. The van der Waals surface area contributed by atoms with Gasteiger partial charge in [0.25, 0.3) is 0 Å². The smallest absolute Gasteiger partial charge is 0.306 e. The Morgan fingerprint density at radius 2 is 0.557 bits per heavy atom. The average Bonchev–Trinajstić information content (AvgIpc) is 4.00. The molecule has 8 aliphatic carbocycles. The Hall–Kier alpha value is -1.14. The Labute approximate surface area is 429 Å². The maximum atomic E-state index is 11.8. The maximum absolute atomic E-state index is 11.8. The van der Waals surface area contributed by atoms with Gasteiger partial charge in [-0.2, -0.15) is 0 Å². The van der Waals surface area contributed by atoms with E-state index in [2.05, 4.69) is 111 Å². The van der Waals surface area contributed by atoms with Crippen LogP contribution in [0.3, 0.4) is 0 Å². The van der Waals surface area contributed by atoms with E-state index in [1.807, 2.05) is 0 Å². The molecular weight excluding hydrogens is 865 g/mol. The Morgan fingerprint density at radius 1 is 0.300 bits per heavy atom. The molecule has 4 heterocycles. The summed E-state index contributed by atoms with van der Waals surface area (Å²) in [6.45, 7) is 40.9. The first kappa shape index (κ1) is 53.7. The molecule has 0 aromatic carbocycles. The Bertz CT molecular complexity index is 1820. The molecule has 12 fully saturated rings. The van der Waals surface area contributed by atoms with Crippen LogP contribution in [-0.4, -0.2) is 47.6 Å². The molecule has 0 bridgehead atoms. The largest absolute Gasteiger partial charge is 0.459 e. The van der Waals surface area contributed by atoms with Crippen molar-refractivity contribution in [2.75, 3.05) is 13.2 Å². The molecule has 0 aromatic rings. The highest BCUT2D eigenvalue weighted by Gasteiger charge is 2.65. The second-order valence-corrected chi connectivity index (χ2v) is 31.8. The third kappa shape index (κ3) is 8.67. The number of hydrogen-bond donors (Lipinski definition) is 0. The lowest BCUT2D eigenvalue weighted by Crippen LogP contribution is -2.55. The molecular formula is C64H108O6. The molecule has 4 aliphatic heterocycles. The van der Waals surface area contributed by atoms with Gasteiger partial charge in [-0.05, 0) is 222 Å². The van der Waals surface area contributed by atoms with Gasteiger partial charge in [-0.1, -0.05) is 109 Å². The average molecular weight is 974 g/mol. The Balaban J connectivity index is 0.000000116. The first-order valence-corrected chi connectivity index (χ1v) is 30.0. The molecule has 16 atom stereocenters. The van der Waals surface area contributed by atoms with Gasteiger partial charge in [0, 0.05) is 25.0 Å². The molecule has 0 spiro atoms. The molecule has 400 valence electrons. The number of rotatable bonds is 0. The summed E-state index contributed by atoms with van der Waals surface area (Å²) in [5, 5.41) is 0. The number of carbonyl (C=O) groups is 2. The van der Waals surface area contributed by atoms with Crippen LogP contribution in [0.4, 0.5) is 0 Å². The zero-order valence-corrected chi connectivity index (χ0v) is 48.5. The zero-order chi connectivity index (χ0) is 51.0. The second-order valence-electron chi connectivity index (χ2n) is 31.8. The van der Waals surface area contributed by atoms with E-state index >= 15 is 0 Å². The molecule has 0 amide bonds. The van der Waals surface area contributed by atoms with Crippen molar-refractivity contribution in [3.8, 4) is 0 Å². The zero-order valence-electron chi connectivity index (χ0n) is 48.5. The van der Waals surface area contributed by atoms with Crippen LogP contribution < -0.4 is 0 Å². The van der Waals surface area contributed by atoms with E-state index in [-0.39, 0.29) is 34.3 Å². The lowest BCUT2D eigenvalue weighted by atomic mass is 9.45. The topological polar surface area (TPSA) is 71.1 Å². The van der Waals surface area contributed by atoms with E-state index in [1.54, 1.807) is 0 Å². The van der Waals surface area contributed by atoms with E-state index in [1.165, 1.54) is 128 Å². The van der Waals surface area contributed by atoms with Crippen molar-refractivity contribution in [1.29, 1.82) is 0 Å². The summed E-state index contributed by atoms with van der Waals surface area (Å²) >= 11 is 0. The second kappa shape index (κ2) is 17.7. The van der Waals surface area contributed by atoms with Crippen molar-refractivity contribution >= 4 is 11.9 Å². The van der Waals surface area contributed by atoms with Gasteiger partial charge in [-0.25, -0.2) is 0 Å². The van der Waals surface area contributed by atoms with Crippen molar-refractivity contribution in [2.45, 2.75) is 287 Å². The van der Waals surface area contributed by atoms with Gasteiger partial charge < -0.3 is 18.9 Å². The normalized spacial score (nSPS) is 51.6. The molecule has 12 aliphatic rings. The molecule has 12 rings (SSSR count). The fourth-order valence-electron chi connectivity index (χ4n) is 22.9. The number of ether oxygens (including phenoxy) is 4. The van der Waals surface area contributed by atoms with E-state index in [0.29, 0.717) is 68.0 Å². The highest BCUT2D eigenvalue weighted by atomic mass is 16.6. The summed E-state index contributed by atoms with van der Waals surface area (Å²) in [4.78, 5) is 23.5. The third-order valence-electron chi connectivity index (χ3n) is 26.1. The summed E-state index contributed by atoms with van der Waals surface area (Å²) in [7, 11) is 0. The lowest BCUT2D eigenvalue weighted by molar-refractivity contribution is -0.166. The van der Waals surface area contributed by atoms with Gasteiger partial charge in [0.2, 0.25) is 0 Å². The highest BCUT2D eigenvalue weighted by Crippen LogP contribution is 2.69. The Morgan fingerprint density at radius 3 is 0.843 bits per heavy atom. The predicted octanol–water partition coefficient (Wildman–Crippen LogP) is 16.7. The molecule has 6 heteroatoms. The molecule has 0 N–H and O–H groups in total. The van der Waals surface area contributed by atoms with Crippen molar-refractivity contribution in [1.82, 2.24) is 0 Å². The molecule has 8 saturated carbocycles. The minimum absolute atomic E-state index is 0.0350. The monoisotopic (exact) mass is 973 g/mol. The van der Waals surface area contributed by atoms with Crippen LogP contribution in [0, 0.1) is 90.7 Å². The maximum Gasteiger partial charge on any atom is 0.306 e. The van der Waals surface area contributed by atoms with Gasteiger partial charge in [0.15, 0.2) is 0 Å². The van der Waals surface area contributed by atoms with Crippen LogP contribution in [0.25, 0.3) is 0 Å². The van der Waals surface area contributed by atoms with Gasteiger partial charge in [0.1, 0.15) is 11.2 Å². The molecule has 4 saturated heterocycles. The first-order valence-electron chi connectivity index (χ1n) is 30.0. The van der Waals surface area contributed by atoms with Crippen LogP contribution >= 0.6 is 0 Å². The summed E-state index contributed by atoms with van der Waals surface area (Å²) < 4.78 is 23.6. The molecule has 6 nitrogen and oxygen atoms in total. The van der Waals surface area contributed by atoms with Crippen LogP contribution in [0.15, 0.2) is 0 Å². The number of carbonyl (C=O) groups excluding carboxylic acids is 2. The fraction of sp³-hybridized carbons (Fsp3) is 0.969. The van der Waals surface area contributed by atoms with Crippen LogP contribution in [0.1, 0.15) is 265 Å². The minimum Gasteiger partial charge on any atom is -0.459 e. The highest BCUT2D eigenvalue weighted by molar-refractivity contribution is 5.73. The summed E-state index contributed by atoms with van der Waals surface area (Å²) in [5.74, 6) is 5.93. The van der Waals surface area contributed by atoms with Crippen LogP contribution in [0.5, 0.6) is 0 Å². The Kier molecular flexibility index (Phi) is 13.6. The summed E-state index contributed by atoms with van der Waals surface area (Å²) in [6.07, 6.45) is 30.3. The van der Waals surface area contributed by atoms with Crippen LogP contribution in [0.2, 0.25) is 0 Å². The standard InChI is InChI=1S/2C16H26O2.2C16H28O/c2*1-14(2)7-5-8-15(3)11(14)6-9-16(4)12(15)10-13(17)18-16;2*1-14(2)8-5-9-15(3)12(14)6-10-16(4)13(15)7-11-17-16/h2*11-12H,5-10H2,1-4H3;2*12-13H,5-11H2,1-4H3/t11-,12+,15-,16+;;12-,13+,15-,16+;/m0.0./s1. The van der Waals surface area contributed by atoms with Crippen molar-refractivity contribution in [3.63, 3.8) is 0 Å². The molecule has 0 aromatic heterocycles. The van der Waals surface area contributed by atoms with Gasteiger partial charge in [-0.3, -0.25) is 9.59 Å². The van der Waals surface area contributed by atoms with Gasteiger partial charge >= 0.3 is 11.9 Å².